The highest BCUT2D eigenvalue weighted by Crippen LogP contribution is 2.45. The molecule has 2 aliphatic rings. The highest BCUT2D eigenvalue weighted by molar-refractivity contribution is 5.44. The van der Waals surface area contributed by atoms with Gasteiger partial charge in [-0.15, -0.1) is 0 Å². The van der Waals surface area contributed by atoms with Crippen LogP contribution in [0.5, 0.6) is 5.75 Å². The first-order valence-electron chi connectivity index (χ1n) is 8.67. The van der Waals surface area contributed by atoms with Crippen molar-refractivity contribution >= 4 is 0 Å². The molecule has 2 saturated carbocycles. The average Bonchev–Trinajstić information content (AvgIpc) is 3.09. The first-order chi connectivity index (χ1) is 10.3. The molecule has 1 aromatic carbocycles. The standard InChI is InChI=1S/C19H29NO/c1-21-18-10-9-16(15-7-3-4-8-15)13-17(18)19(14-20)11-5-2-6-12-19/h9-10,13,15H,2-8,11-12,14,20H2,1H3. The Hall–Kier alpha value is -1.02. The number of nitrogens with two attached hydrogens (primary N) is 1. The summed E-state index contributed by atoms with van der Waals surface area (Å²) in [5, 5.41) is 0. The minimum atomic E-state index is 0.151. The third-order valence-corrected chi connectivity index (χ3v) is 5.82. The van der Waals surface area contributed by atoms with Crippen molar-refractivity contribution in [1.29, 1.82) is 0 Å². The maximum absolute atomic E-state index is 6.24. The zero-order valence-electron chi connectivity index (χ0n) is 13.4. The van der Waals surface area contributed by atoms with E-state index in [9.17, 15) is 0 Å². The fourth-order valence-electron chi connectivity index (χ4n) is 4.47. The van der Waals surface area contributed by atoms with Gasteiger partial charge in [-0.1, -0.05) is 44.2 Å². The highest BCUT2D eigenvalue weighted by Gasteiger charge is 2.35. The van der Waals surface area contributed by atoms with Gasteiger partial charge in [-0.05, 0) is 43.2 Å². The lowest BCUT2D eigenvalue weighted by Gasteiger charge is -2.38. The molecule has 0 radical (unpaired) electrons. The van der Waals surface area contributed by atoms with Gasteiger partial charge in [0.2, 0.25) is 0 Å². The van der Waals surface area contributed by atoms with Gasteiger partial charge in [-0.3, -0.25) is 0 Å². The van der Waals surface area contributed by atoms with Gasteiger partial charge in [0.05, 0.1) is 7.11 Å². The smallest absolute Gasteiger partial charge is 0.122 e. The molecule has 0 aliphatic heterocycles. The number of rotatable bonds is 4. The third kappa shape index (κ3) is 2.83. The van der Waals surface area contributed by atoms with Crippen LogP contribution in [0.3, 0.4) is 0 Å². The molecule has 0 atom stereocenters. The molecule has 2 fully saturated rings. The summed E-state index contributed by atoms with van der Waals surface area (Å²) in [6.45, 7) is 0.747. The minimum absolute atomic E-state index is 0.151. The Bertz CT molecular complexity index is 470. The molecule has 0 saturated heterocycles. The van der Waals surface area contributed by atoms with Gasteiger partial charge in [-0.2, -0.15) is 0 Å². The van der Waals surface area contributed by atoms with Gasteiger partial charge in [-0.25, -0.2) is 0 Å². The molecule has 2 nitrogen and oxygen atoms in total. The second-order valence-corrected chi connectivity index (χ2v) is 6.99. The van der Waals surface area contributed by atoms with Gasteiger partial charge < -0.3 is 10.5 Å². The van der Waals surface area contributed by atoms with Crippen LogP contribution in [0.25, 0.3) is 0 Å². The lowest BCUT2D eigenvalue weighted by molar-refractivity contribution is 0.287. The van der Waals surface area contributed by atoms with Crippen molar-refractivity contribution in [2.45, 2.75) is 69.1 Å². The molecule has 0 amide bonds. The monoisotopic (exact) mass is 287 g/mol. The summed E-state index contributed by atoms with van der Waals surface area (Å²) in [6.07, 6.45) is 11.8. The van der Waals surface area contributed by atoms with Crippen molar-refractivity contribution in [1.82, 2.24) is 0 Å². The Morgan fingerprint density at radius 1 is 1.10 bits per heavy atom. The van der Waals surface area contributed by atoms with Gasteiger partial charge in [0.1, 0.15) is 5.75 Å². The summed E-state index contributed by atoms with van der Waals surface area (Å²) < 4.78 is 5.69. The average molecular weight is 287 g/mol. The van der Waals surface area contributed by atoms with E-state index in [4.69, 9.17) is 10.5 Å². The quantitative estimate of drug-likeness (QED) is 0.884. The van der Waals surface area contributed by atoms with E-state index in [0.717, 1.165) is 18.2 Å². The van der Waals surface area contributed by atoms with E-state index >= 15 is 0 Å². The lowest BCUT2D eigenvalue weighted by atomic mass is 9.68. The van der Waals surface area contributed by atoms with Crippen LogP contribution >= 0.6 is 0 Å². The van der Waals surface area contributed by atoms with E-state index in [1.807, 2.05) is 0 Å². The molecule has 1 aromatic rings. The molecular formula is C19H29NO. The zero-order chi connectivity index (χ0) is 14.7. The number of hydrogen-bond acceptors (Lipinski definition) is 2. The Kier molecular flexibility index (Phi) is 4.54. The molecule has 2 heteroatoms. The third-order valence-electron chi connectivity index (χ3n) is 5.82. The normalized spacial score (nSPS) is 22.4. The predicted molar refractivity (Wildman–Crippen MR) is 88.0 cm³/mol. The first-order valence-corrected chi connectivity index (χ1v) is 8.67. The number of ether oxygens (including phenoxy) is 1. The lowest BCUT2D eigenvalue weighted by Crippen LogP contribution is -2.37. The van der Waals surface area contributed by atoms with Gasteiger partial charge >= 0.3 is 0 Å². The number of benzene rings is 1. The largest absolute Gasteiger partial charge is 0.496 e. The Morgan fingerprint density at radius 3 is 2.43 bits per heavy atom. The van der Waals surface area contributed by atoms with E-state index in [1.54, 1.807) is 7.11 Å². The molecule has 0 aromatic heterocycles. The van der Waals surface area contributed by atoms with Crippen molar-refractivity contribution in [3.8, 4) is 5.75 Å². The molecule has 0 unspecified atom stereocenters. The fourth-order valence-corrected chi connectivity index (χ4v) is 4.47. The van der Waals surface area contributed by atoms with Crippen LogP contribution in [0.2, 0.25) is 0 Å². The maximum atomic E-state index is 6.24. The molecule has 2 aliphatic carbocycles. The summed E-state index contributed by atoms with van der Waals surface area (Å²) in [7, 11) is 1.79. The van der Waals surface area contributed by atoms with Crippen LogP contribution < -0.4 is 10.5 Å². The van der Waals surface area contributed by atoms with E-state index in [1.165, 1.54) is 68.9 Å². The van der Waals surface area contributed by atoms with E-state index in [-0.39, 0.29) is 5.41 Å². The molecule has 0 bridgehead atoms. The Morgan fingerprint density at radius 2 is 1.81 bits per heavy atom. The van der Waals surface area contributed by atoms with Crippen LogP contribution in [-0.2, 0) is 5.41 Å². The van der Waals surface area contributed by atoms with Gasteiger partial charge in [0, 0.05) is 17.5 Å². The molecule has 2 N–H and O–H groups in total. The highest BCUT2D eigenvalue weighted by atomic mass is 16.5. The number of hydrogen-bond donors (Lipinski definition) is 1. The van der Waals surface area contributed by atoms with Gasteiger partial charge in [0.15, 0.2) is 0 Å². The van der Waals surface area contributed by atoms with Crippen LogP contribution in [0, 0.1) is 0 Å². The van der Waals surface area contributed by atoms with Crippen LogP contribution in [0.1, 0.15) is 74.8 Å². The summed E-state index contributed by atoms with van der Waals surface area (Å²) in [5.74, 6) is 1.80. The van der Waals surface area contributed by atoms with E-state index in [0.29, 0.717) is 0 Å². The van der Waals surface area contributed by atoms with Crippen molar-refractivity contribution in [3.63, 3.8) is 0 Å². The van der Waals surface area contributed by atoms with Crippen LogP contribution in [0.15, 0.2) is 18.2 Å². The van der Waals surface area contributed by atoms with Gasteiger partial charge in [0.25, 0.3) is 0 Å². The molecular weight excluding hydrogens is 258 g/mol. The van der Waals surface area contributed by atoms with Crippen molar-refractivity contribution in [3.05, 3.63) is 29.3 Å². The van der Waals surface area contributed by atoms with Crippen molar-refractivity contribution < 1.29 is 4.74 Å². The maximum Gasteiger partial charge on any atom is 0.122 e. The van der Waals surface area contributed by atoms with Crippen molar-refractivity contribution in [2.24, 2.45) is 5.73 Å². The Labute approximate surface area is 129 Å². The second-order valence-electron chi connectivity index (χ2n) is 6.99. The second kappa shape index (κ2) is 6.39. The van der Waals surface area contributed by atoms with E-state index < -0.39 is 0 Å². The topological polar surface area (TPSA) is 35.2 Å². The van der Waals surface area contributed by atoms with E-state index in [2.05, 4.69) is 18.2 Å². The molecule has 3 rings (SSSR count). The van der Waals surface area contributed by atoms with Crippen LogP contribution in [-0.4, -0.2) is 13.7 Å². The number of methoxy groups -OCH3 is 1. The minimum Gasteiger partial charge on any atom is -0.496 e. The zero-order valence-corrected chi connectivity index (χ0v) is 13.4. The molecule has 0 spiro atoms. The molecule has 0 heterocycles. The molecule has 116 valence electrons. The first kappa shape index (κ1) is 14.9. The summed E-state index contributed by atoms with van der Waals surface area (Å²) >= 11 is 0. The summed E-state index contributed by atoms with van der Waals surface area (Å²) in [4.78, 5) is 0. The van der Waals surface area contributed by atoms with Crippen LogP contribution in [0.4, 0.5) is 0 Å². The SMILES string of the molecule is COc1ccc(C2CCCC2)cc1C1(CN)CCCCC1. The summed E-state index contributed by atoms with van der Waals surface area (Å²) in [5.41, 5.74) is 9.29. The Balaban J connectivity index is 1.99. The summed E-state index contributed by atoms with van der Waals surface area (Å²) in [6, 6.07) is 6.91. The predicted octanol–water partition coefficient (Wildman–Crippen LogP) is 4.51. The van der Waals surface area contributed by atoms with Crippen molar-refractivity contribution in [2.75, 3.05) is 13.7 Å². The fraction of sp³-hybridized carbons (Fsp3) is 0.684. The molecule has 21 heavy (non-hydrogen) atoms.